The Morgan fingerprint density at radius 2 is 1.25 bits per heavy atom. The highest BCUT2D eigenvalue weighted by Gasteiger charge is 2.53. The second-order valence-corrected chi connectivity index (χ2v) is 6.03. The van der Waals surface area contributed by atoms with Crippen LogP contribution < -0.4 is 10.2 Å². The third kappa shape index (κ3) is 1.41. The maximum absolute atomic E-state index is 12.4. The lowest BCUT2D eigenvalue weighted by atomic mass is 9.83. The first-order chi connectivity index (χ1) is 11.6. The molecule has 0 bridgehead atoms. The van der Waals surface area contributed by atoms with Crippen LogP contribution in [0.4, 0.5) is 0 Å². The van der Waals surface area contributed by atoms with Crippen LogP contribution in [0.15, 0.2) is 60.7 Å². The lowest BCUT2D eigenvalue weighted by Crippen LogP contribution is -2.26. The number of fused-ring (bicyclic) bond motifs is 7. The van der Waals surface area contributed by atoms with E-state index in [1.165, 1.54) is 24.3 Å². The highest BCUT2D eigenvalue weighted by atomic mass is 16.6. The number of hydrogen-bond acceptors (Lipinski definition) is 4. The van der Waals surface area contributed by atoms with E-state index in [9.17, 15) is 15.0 Å². The molecule has 0 radical (unpaired) electrons. The predicted molar refractivity (Wildman–Crippen MR) is 82.5 cm³/mol. The molecule has 0 atom stereocenters. The van der Waals surface area contributed by atoms with Crippen LogP contribution in [-0.2, 0) is 10.3 Å². The van der Waals surface area contributed by atoms with Crippen molar-refractivity contribution in [3.8, 4) is 22.6 Å². The Balaban J connectivity index is 1.94. The second kappa shape index (κ2) is 4.17. The van der Waals surface area contributed by atoms with Crippen LogP contribution in [0.1, 0.15) is 27.0 Å². The van der Waals surface area contributed by atoms with Crippen molar-refractivity contribution in [3.63, 3.8) is 0 Å². The molecule has 3 aromatic carbocycles. The SMILES string of the molecule is O=C1OC2(c3ccccc31)c1ccc([O-])cc1-c1cc([O-])ccc12. The van der Waals surface area contributed by atoms with Gasteiger partial charge in [-0.2, -0.15) is 0 Å². The molecule has 2 aliphatic rings. The largest absolute Gasteiger partial charge is 0.872 e. The van der Waals surface area contributed by atoms with Gasteiger partial charge in [-0.1, -0.05) is 54.6 Å². The summed E-state index contributed by atoms with van der Waals surface area (Å²) in [5.74, 6) is -0.696. The molecule has 0 unspecified atom stereocenters. The Morgan fingerprint density at radius 3 is 1.88 bits per heavy atom. The van der Waals surface area contributed by atoms with E-state index in [1.807, 2.05) is 12.1 Å². The predicted octanol–water partition coefficient (Wildman–Crippen LogP) is 2.28. The zero-order chi connectivity index (χ0) is 16.5. The fraction of sp³-hybridized carbons (Fsp3) is 0.0500. The van der Waals surface area contributed by atoms with E-state index < -0.39 is 11.6 Å². The Bertz CT molecular complexity index is 984. The average Bonchev–Trinajstić information content (AvgIpc) is 3.02. The third-order valence-corrected chi connectivity index (χ3v) is 4.80. The van der Waals surface area contributed by atoms with Gasteiger partial charge in [0.05, 0.1) is 5.56 Å². The number of carbonyl (C=O) groups is 1. The van der Waals surface area contributed by atoms with E-state index >= 15 is 0 Å². The number of hydrogen-bond donors (Lipinski definition) is 0. The van der Waals surface area contributed by atoms with Crippen LogP contribution in [0.2, 0.25) is 0 Å². The standard InChI is InChI=1S/C20H12O4/c21-11-5-7-17-14(9-11)15-10-12(22)6-8-18(15)20(17)16-4-2-1-3-13(16)19(23)24-20/h1-10,21-22H/p-2. The summed E-state index contributed by atoms with van der Waals surface area (Å²) in [6, 6.07) is 16.5. The summed E-state index contributed by atoms with van der Waals surface area (Å²) in [6.07, 6.45) is 0. The number of benzene rings is 3. The molecule has 0 saturated heterocycles. The molecule has 0 N–H and O–H groups in total. The maximum Gasteiger partial charge on any atom is 0.340 e. The van der Waals surface area contributed by atoms with Crippen molar-refractivity contribution in [1.82, 2.24) is 0 Å². The minimum absolute atomic E-state index is 0.148. The zero-order valence-electron chi connectivity index (χ0n) is 12.4. The average molecular weight is 314 g/mol. The minimum atomic E-state index is -1.08. The number of ether oxygens (including phenoxy) is 1. The molecule has 1 aliphatic heterocycles. The van der Waals surface area contributed by atoms with Gasteiger partial charge in [-0.3, -0.25) is 0 Å². The first-order valence-corrected chi connectivity index (χ1v) is 7.57. The number of carbonyl (C=O) groups excluding carboxylic acids is 1. The van der Waals surface area contributed by atoms with Crippen LogP contribution >= 0.6 is 0 Å². The fourth-order valence-corrected chi connectivity index (χ4v) is 3.87. The molecule has 0 saturated carbocycles. The quantitative estimate of drug-likeness (QED) is 0.597. The van der Waals surface area contributed by atoms with Gasteiger partial charge >= 0.3 is 5.97 Å². The minimum Gasteiger partial charge on any atom is -0.872 e. The molecule has 4 heteroatoms. The van der Waals surface area contributed by atoms with Crippen molar-refractivity contribution < 1.29 is 19.7 Å². The highest BCUT2D eigenvalue weighted by Crippen LogP contribution is 2.57. The molecule has 0 aromatic heterocycles. The normalized spacial score (nSPS) is 15.8. The fourth-order valence-electron chi connectivity index (χ4n) is 3.87. The summed E-state index contributed by atoms with van der Waals surface area (Å²) in [5.41, 5.74) is 2.92. The first-order valence-electron chi connectivity index (χ1n) is 7.57. The van der Waals surface area contributed by atoms with Crippen LogP contribution in [0.5, 0.6) is 11.5 Å². The molecular weight excluding hydrogens is 304 g/mol. The Kier molecular flexibility index (Phi) is 2.29. The van der Waals surface area contributed by atoms with Gasteiger partial charge in [0.25, 0.3) is 0 Å². The van der Waals surface area contributed by atoms with E-state index in [0.29, 0.717) is 16.7 Å². The van der Waals surface area contributed by atoms with Crippen LogP contribution in [0.3, 0.4) is 0 Å². The maximum atomic E-state index is 12.4. The summed E-state index contributed by atoms with van der Waals surface area (Å²) in [4.78, 5) is 12.4. The van der Waals surface area contributed by atoms with Gasteiger partial charge < -0.3 is 14.9 Å². The Hall–Kier alpha value is -3.27. The van der Waals surface area contributed by atoms with Crippen LogP contribution in [0, 0.1) is 0 Å². The summed E-state index contributed by atoms with van der Waals surface area (Å²) < 4.78 is 5.87. The van der Waals surface area contributed by atoms with Gasteiger partial charge in [-0.25, -0.2) is 4.79 Å². The molecule has 0 amide bonds. The van der Waals surface area contributed by atoms with Crippen molar-refractivity contribution in [2.75, 3.05) is 0 Å². The lowest BCUT2D eigenvalue weighted by molar-refractivity contribution is -0.269. The van der Waals surface area contributed by atoms with Gasteiger partial charge in [0, 0.05) is 16.7 Å². The van der Waals surface area contributed by atoms with Crippen LogP contribution in [0.25, 0.3) is 11.1 Å². The van der Waals surface area contributed by atoms with Crippen molar-refractivity contribution >= 4 is 5.97 Å². The van der Waals surface area contributed by atoms with Crippen molar-refractivity contribution in [1.29, 1.82) is 0 Å². The summed E-state index contributed by atoms with van der Waals surface area (Å²) in [7, 11) is 0. The van der Waals surface area contributed by atoms with E-state index in [0.717, 1.165) is 16.7 Å². The number of rotatable bonds is 0. The molecule has 1 spiro atoms. The zero-order valence-corrected chi connectivity index (χ0v) is 12.4. The summed E-state index contributed by atoms with van der Waals surface area (Å²) >= 11 is 0. The smallest absolute Gasteiger partial charge is 0.340 e. The van der Waals surface area contributed by atoms with Gasteiger partial charge in [0.1, 0.15) is 0 Å². The van der Waals surface area contributed by atoms with Crippen LogP contribution in [-0.4, -0.2) is 5.97 Å². The lowest BCUT2D eigenvalue weighted by Gasteiger charge is -2.27. The molecule has 5 rings (SSSR count). The topological polar surface area (TPSA) is 72.4 Å². The van der Waals surface area contributed by atoms with Gasteiger partial charge in [0.2, 0.25) is 0 Å². The molecule has 1 aliphatic carbocycles. The summed E-state index contributed by atoms with van der Waals surface area (Å²) in [5, 5.41) is 23.7. The van der Waals surface area contributed by atoms with E-state index in [-0.39, 0.29) is 11.5 Å². The van der Waals surface area contributed by atoms with Gasteiger partial charge in [0.15, 0.2) is 5.60 Å². The van der Waals surface area contributed by atoms with Gasteiger partial charge in [-0.05, 0) is 17.2 Å². The van der Waals surface area contributed by atoms with Crippen molar-refractivity contribution in [2.45, 2.75) is 5.60 Å². The molecule has 1 heterocycles. The summed E-state index contributed by atoms with van der Waals surface area (Å²) in [6.45, 7) is 0. The highest BCUT2D eigenvalue weighted by molar-refractivity contribution is 5.99. The molecule has 3 aromatic rings. The van der Waals surface area contributed by atoms with Crippen molar-refractivity contribution in [2.24, 2.45) is 0 Å². The van der Waals surface area contributed by atoms with E-state index in [4.69, 9.17) is 4.74 Å². The monoisotopic (exact) mass is 314 g/mol. The van der Waals surface area contributed by atoms with Crippen molar-refractivity contribution in [3.05, 3.63) is 82.9 Å². The Labute approximate surface area is 137 Å². The van der Waals surface area contributed by atoms with Gasteiger partial charge in [-0.15, -0.1) is 11.5 Å². The van der Waals surface area contributed by atoms with E-state index in [2.05, 4.69) is 0 Å². The first kappa shape index (κ1) is 13.2. The molecule has 4 nitrogen and oxygen atoms in total. The molecular formula is C20H10O4-2. The molecule has 116 valence electrons. The molecule has 24 heavy (non-hydrogen) atoms. The number of esters is 1. The Morgan fingerprint density at radius 1 is 0.708 bits per heavy atom. The third-order valence-electron chi connectivity index (χ3n) is 4.80. The second-order valence-electron chi connectivity index (χ2n) is 6.03. The molecule has 0 fully saturated rings. The van der Waals surface area contributed by atoms with E-state index in [1.54, 1.807) is 24.3 Å².